The van der Waals surface area contributed by atoms with Crippen molar-refractivity contribution in [1.82, 2.24) is 0 Å². The van der Waals surface area contributed by atoms with Crippen LogP contribution in [-0.4, -0.2) is 16.8 Å². The smallest absolute Gasteiger partial charge is 0.296 e. The molecule has 0 saturated carbocycles. The van der Waals surface area contributed by atoms with Gasteiger partial charge in [-0.2, -0.15) is 15.5 Å². The Morgan fingerprint density at radius 3 is 2.20 bits per heavy atom. The van der Waals surface area contributed by atoms with Crippen LogP contribution in [0.5, 0.6) is 0 Å². The first kappa shape index (κ1) is 14.4. The summed E-state index contributed by atoms with van der Waals surface area (Å²) >= 11 is 0. The summed E-state index contributed by atoms with van der Waals surface area (Å²) in [7, 11) is 0. The third-order valence-electron chi connectivity index (χ3n) is 2.03. The lowest BCUT2D eigenvalue weighted by Crippen LogP contribution is -2.26. The minimum Gasteiger partial charge on any atom is -0.370 e. The van der Waals surface area contributed by atoms with Crippen molar-refractivity contribution in [2.24, 2.45) is 27.2 Å². The molecule has 0 saturated heterocycles. The molecule has 1 aromatic rings. The average molecular weight is 272 g/mol. The number of rotatable bonds is 2. The lowest BCUT2D eigenvalue weighted by Gasteiger charge is -2.01. The molecule has 0 spiro atoms. The van der Waals surface area contributed by atoms with Crippen LogP contribution in [0, 0.1) is 32.8 Å². The van der Waals surface area contributed by atoms with Gasteiger partial charge in [-0.25, -0.2) is 4.99 Å². The van der Waals surface area contributed by atoms with E-state index in [4.69, 9.17) is 27.7 Å². The Hall–Kier alpha value is -3.66. The van der Waals surface area contributed by atoms with Gasteiger partial charge < -0.3 is 17.2 Å². The first-order valence-corrected chi connectivity index (χ1v) is 4.95. The lowest BCUT2D eigenvalue weighted by atomic mass is 10.1. The summed E-state index contributed by atoms with van der Waals surface area (Å²) in [5.41, 5.74) is 14.6. The number of guanidine groups is 2. The molecule has 6 N–H and O–H groups in total. The van der Waals surface area contributed by atoms with Crippen LogP contribution in [0.4, 0.5) is 11.4 Å². The molecule has 0 unspecified atom stereocenters. The number of nitrogens with two attached hydrogens (primary N) is 3. The van der Waals surface area contributed by atoms with Crippen LogP contribution in [0.2, 0.25) is 0 Å². The molecule has 0 amide bonds. The molecule has 0 bridgehead atoms. The highest BCUT2D eigenvalue weighted by Gasteiger charge is 2.18. The third kappa shape index (κ3) is 3.18. The van der Waals surface area contributed by atoms with Crippen LogP contribution >= 0.6 is 0 Å². The topological polar surface area (TPSA) is 193 Å². The number of nitro benzene ring substituents is 1. The van der Waals surface area contributed by atoms with Crippen molar-refractivity contribution in [3.63, 3.8) is 0 Å². The zero-order valence-electron chi connectivity index (χ0n) is 9.94. The largest absolute Gasteiger partial charge is 0.370 e. The molecule has 100 valence electrons. The summed E-state index contributed by atoms with van der Waals surface area (Å²) in [6.07, 6.45) is 0. The molecule has 0 aromatic heterocycles. The van der Waals surface area contributed by atoms with Gasteiger partial charge in [-0.3, -0.25) is 10.1 Å². The van der Waals surface area contributed by atoms with Crippen molar-refractivity contribution in [3.05, 3.63) is 33.4 Å². The Morgan fingerprint density at radius 2 is 1.75 bits per heavy atom. The van der Waals surface area contributed by atoms with Crippen molar-refractivity contribution in [2.45, 2.75) is 0 Å². The second kappa shape index (κ2) is 5.79. The normalized spacial score (nSPS) is 10.2. The van der Waals surface area contributed by atoms with Crippen LogP contribution < -0.4 is 17.2 Å². The number of aliphatic imine (C=N–C) groups is 2. The predicted molar refractivity (Wildman–Crippen MR) is 69.6 cm³/mol. The van der Waals surface area contributed by atoms with Gasteiger partial charge in [-0.15, -0.1) is 0 Å². The number of hydrogen-bond acceptors (Lipinski definition) is 5. The van der Waals surface area contributed by atoms with Crippen LogP contribution in [0.1, 0.15) is 11.1 Å². The van der Waals surface area contributed by atoms with Gasteiger partial charge in [0.25, 0.3) is 5.69 Å². The molecular formula is C10H8N8O2. The van der Waals surface area contributed by atoms with E-state index in [9.17, 15) is 10.1 Å². The first-order chi connectivity index (χ1) is 9.38. The average Bonchev–Trinajstić information content (AvgIpc) is 2.36. The van der Waals surface area contributed by atoms with E-state index in [1.54, 1.807) is 12.1 Å². The molecule has 1 rings (SSSR count). The van der Waals surface area contributed by atoms with Crippen LogP contribution in [-0.2, 0) is 0 Å². The molecule has 10 heteroatoms. The van der Waals surface area contributed by atoms with Crippen LogP contribution in [0.25, 0.3) is 0 Å². The van der Waals surface area contributed by atoms with E-state index in [0.717, 1.165) is 12.1 Å². The number of nitro groups is 1. The van der Waals surface area contributed by atoms with Gasteiger partial charge in [0, 0.05) is 6.07 Å². The maximum absolute atomic E-state index is 10.9. The van der Waals surface area contributed by atoms with Gasteiger partial charge in [0.1, 0.15) is 17.8 Å². The summed E-state index contributed by atoms with van der Waals surface area (Å²) in [5.74, 6) is -0.787. The minimum atomic E-state index is -0.760. The Morgan fingerprint density at radius 1 is 1.20 bits per heavy atom. The Labute approximate surface area is 112 Å². The van der Waals surface area contributed by atoms with E-state index in [0.29, 0.717) is 0 Å². The maximum atomic E-state index is 10.9. The molecule has 0 aliphatic rings. The molecule has 0 heterocycles. The molecule has 1 aromatic carbocycles. The van der Waals surface area contributed by atoms with Gasteiger partial charge in [-0.1, -0.05) is 0 Å². The van der Waals surface area contributed by atoms with Crippen molar-refractivity contribution >= 4 is 23.3 Å². The molecule has 20 heavy (non-hydrogen) atoms. The van der Waals surface area contributed by atoms with E-state index in [1.165, 1.54) is 0 Å². The van der Waals surface area contributed by atoms with E-state index < -0.39 is 16.6 Å². The first-order valence-electron chi connectivity index (χ1n) is 4.95. The maximum Gasteiger partial charge on any atom is 0.296 e. The van der Waals surface area contributed by atoms with Gasteiger partial charge in [-0.05, 0) is 6.07 Å². The standard InChI is InChI=1S/C10H8N8O2/c11-3-5-1-7(16-10(15)17-9(13)14)8(18(19)20)2-6(5)4-12/h1-2H,(H6,13,14,15,16,17). The molecule has 10 nitrogen and oxygen atoms in total. The monoisotopic (exact) mass is 272 g/mol. The Kier molecular flexibility index (Phi) is 4.17. The lowest BCUT2D eigenvalue weighted by molar-refractivity contribution is -0.384. The fourth-order valence-corrected chi connectivity index (χ4v) is 1.28. The van der Waals surface area contributed by atoms with Crippen LogP contribution in [0.3, 0.4) is 0 Å². The number of benzene rings is 1. The van der Waals surface area contributed by atoms with Gasteiger partial charge in [0.15, 0.2) is 5.96 Å². The molecular weight excluding hydrogens is 264 g/mol. The Balaban J connectivity index is 3.54. The van der Waals surface area contributed by atoms with Crippen molar-refractivity contribution < 1.29 is 4.92 Å². The van der Waals surface area contributed by atoms with E-state index in [2.05, 4.69) is 9.98 Å². The fraction of sp³-hybridized carbons (Fsp3) is 0. The highest BCUT2D eigenvalue weighted by molar-refractivity contribution is 5.94. The van der Waals surface area contributed by atoms with Gasteiger partial charge in [0.05, 0.1) is 16.1 Å². The summed E-state index contributed by atoms with van der Waals surface area (Å²) in [4.78, 5) is 17.2. The molecule has 0 fully saturated rings. The van der Waals surface area contributed by atoms with Crippen molar-refractivity contribution in [3.8, 4) is 12.1 Å². The number of nitrogens with zero attached hydrogens (tertiary/aromatic N) is 5. The van der Waals surface area contributed by atoms with Crippen molar-refractivity contribution in [1.29, 1.82) is 10.5 Å². The minimum absolute atomic E-state index is 0.0747. The predicted octanol–water partition coefficient (Wildman–Crippen LogP) is -0.442. The third-order valence-corrected chi connectivity index (χ3v) is 2.03. The molecule has 0 aliphatic heterocycles. The van der Waals surface area contributed by atoms with E-state index in [1.807, 2.05) is 0 Å². The summed E-state index contributed by atoms with van der Waals surface area (Å²) in [6, 6.07) is 5.40. The van der Waals surface area contributed by atoms with Gasteiger partial charge >= 0.3 is 0 Å². The zero-order valence-corrected chi connectivity index (χ0v) is 9.94. The summed E-state index contributed by atoms with van der Waals surface area (Å²) in [6.45, 7) is 0. The number of nitriles is 2. The molecule has 0 aliphatic carbocycles. The highest BCUT2D eigenvalue weighted by Crippen LogP contribution is 2.30. The highest BCUT2D eigenvalue weighted by atomic mass is 16.6. The van der Waals surface area contributed by atoms with E-state index >= 15 is 0 Å². The summed E-state index contributed by atoms with van der Waals surface area (Å²) in [5, 5.41) is 28.6. The fourth-order valence-electron chi connectivity index (χ4n) is 1.28. The molecule has 0 atom stereocenters. The second-order valence-corrected chi connectivity index (χ2v) is 3.37. The number of hydrogen-bond donors (Lipinski definition) is 3. The summed E-state index contributed by atoms with van der Waals surface area (Å²) < 4.78 is 0. The second-order valence-electron chi connectivity index (χ2n) is 3.37. The van der Waals surface area contributed by atoms with Gasteiger partial charge in [0.2, 0.25) is 5.96 Å². The van der Waals surface area contributed by atoms with E-state index in [-0.39, 0.29) is 22.8 Å². The molecule has 0 radical (unpaired) electrons. The van der Waals surface area contributed by atoms with Crippen molar-refractivity contribution in [2.75, 3.05) is 0 Å². The zero-order chi connectivity index (χ0) is 15.3. The Bertz CT molecular complexity index is 703. The SMILES string of the molecule is N#Cc1cc(N=C(N)N=C(N)N)c([N+](=O)[O-])cc1C#N. The quantitative estimate of drug-likeness (QED) is 0.280. The van der Waals surface area contributed by atoms with Crippen LogP contribution in [0.15, 0.2) is 22.1 Å².